The smallest absolute Gasteiger partial charge is 0.0700 e. The van der Waals surface area contributed by atoms with Gasteiger partial charge in [-0.25, -0.2) is 0 Å². The van der Waals surface area contributed by atoms with Gasteiger partial charge in [-0.1, -0.05) is 20.3 Å². The summed E-state index contributed by atoms with van der Waals surface area (Å²) in [6, 6.07) is 1.53. The standard InChI is InChI=1S/C17H34N2O2/c1-15(2)17-14-18-8-5-4-7-16(18)13-19(17)9-6-10-21-12-11-20-3/h15-17H,4-14H2,1-3H3. The van der Waals surface area contributed by atoms with Gasteiger partial charge in [-0.15, -0.1) is 0 Å². The molecule has 2 saturated heterocycles. The van der Waals surface area contributed by atoms with E-state index in [2.05, 4.69) is 23.6 Å². The molecule has 0 bridgehead atoms. The summed E-state index contributed by atoms with van der Waals surface area (Å²) in [4.78, 5) is 5.48. The van der Waals surface area contributed by atoms with Crippen LogP contribution < -0.4 is 0 Å². The highest BCUT2D eigenvalue weighted by molar-refractivity contribution is 4.91. The van der Waals surface area contributed by atoms with Crippen LogP contribution in [0.3, 0.4) is 0 Å². The molecule has 0 aromatic heterocycles. The average molecular weight is 298 g/mol. The number of rotatable bonds is 8. The maximum Gasteiger partial charge on any atom is 0.0700 e. The molecule has 0 saturated carbocycles. The number of methoxy groups -OCH3 is 1. The molecule has 0 N–H and O–H groups in total. The predicted octanol–water partition coefficient (Wildman–Crippen LogP) is 2.23. The Kier molecular flexibility index (Phi) is 7.44. The first kappa shape index (κ1) is 17.2. The van der Waals surface area contributed by atoms with Crippen LogP contribution in [0.5, 0.6) is 0 Å². The number of fused-ring (bicyclic) bond motifs is 1. The largest absolute Gasteiger partial charge is 0.382 e. The van der Waals surface area contributed by atoms with Crippen LogP contribution in [0.15, 0.2) is 0 Å². The minimum absolute atomic E-state index is 0.704. The van der Waals surface area contributed by atoms with Crippen molar-refractivity contribution in [3.8, 4) is 0 Å². The van der Waals surface area contributed by atoms with Gasteiger partial charge in [0.05, 0.1) is 13.2 Å². The van der Waals surface area contributed by atoms with E-state index < -0.39 is 0 Å². The minimum Gasteiger partial charge on any atom is -0.382 e. The summed E-state index contributed by atoms with van der Waals surface area (Å²) in [6.07, 6.45) is 5.35. The van der Waals surface area contributed by atoms with Crippen molar-refractivity contribution in [1.29, 1.82) is 0 Å². The van der Waals surface area contributed by atoms with Gasteiger partial charge in [-0.3, -0.25) is 9.80 Å². The van der Waals surface area contributed by atoms with E-state index in [0.29, 0.717) is 6.61 Å². The van der Waals surface area contributed by atoms with E-state index in [1.165, 1.54) is 45.4 Å². The molecule has 2 unspecified atom stereocenters. The molecule has 0 spiro atoms. The van der Waals surface area contributed by atoms with E-state index in [1.54, 1.807) is 7.11 Å². The monoisotopic (exact) mass is 298 g/mol. The van der Waals surface area contributed by atoms with Crippen molar-refractivity contribution >= 4 is 0 Å². The second-order valence-electron chi connectivity index (χ2n) is 6.91. The third-order valence-electron chi connectivity index (χ3n) is 5.02. The second-order valence-corrected chi connectivity index (χ2v) is 6.91. The Morgan fingerprint density at radius 2 is 1.95 bits per heavy atom. The number of nitrogens with zero attached hydrogens (tertiary/aromatic N) is 2. The Bertz CT molecular complexity index is 286. The highest BCUT2D eigenvalue weighted by Gasteiger charge is 2.35. The minimum atomic E-state index is 0.704. The van der Waals surface area contributed by atoms with Gasteiger partial charge < -0.3 is 9.47 Å². The van der Waals surface area contributed by atoms with Crippen molar-refractivity contribution in [3.63, 3.8) is 0 Å². The van der Waals surface area contributed by atoms with Crippen LogP contribution in [0.4, 0.5) is 0 Å². The summed E-state index contributed by atoms with van der Waals surface area (Å²) in [5.74, 6) is 0.738. The second kappa shape index (κ2) is 9.09. The van der Waals surface area contributed by atoms with E-state index in [-0.39, 0.29) is 0 Å². The van der Waals surface area contributed by atoms with Crippen LogP contribution in [0.2, 0.25) is 0 Å². The maximum atomic E-state index is 5.61. The zero-order chi connectivity index (χ0) is 15.1. The Morgan fingerprint density at radius 3 is 2.71 bits per heavy atom. The fourth-order valence-electron chi connectivity index (χ4n) is 3.77. The molecule has 4 nitrogen and oxygen atoms in total. The zero-order valence-electron chi connectivity index (χ0n) is 14.2. The van der Waals surface area contributed by atoms with Crippen molar-refractivity contribution in [1.82, 2.24) is 9.80 Å². The zero-order valence-corrected chi connectivity index (χ0v) is 14.2. The molecule has 0 amide bonds. The molecule has 0 aliphatic carbocycles. The van der Waals surface area contributed by atoms with Gasteiger partial charge >= 0.3 is 0 Å². The van der Waals surface area contributed by atoms with Gasteiger partial charge in [-0.2, -0.15) is 0 Å². The molecule has 2 heterocycles. The quantitative estimate of drug-likeness (QED) is 0.642. The molecule has 4 heteroatoms. The molecule has 2 rings (SSSR count). The fourth-order valence-corrected chi connectivity index (χ4v) is 3.77. The summed E-state index contributed by atoms with van der Waals surface area (Å²) < 4.78 is 10.6. The number of hydrogen-bond donors (Lipinski definition) is 0. The van der Waals surface area contributed by atoms with Crippen molar-refractivity contribution in [2.75, 3.05) is 53.1 Å². The van der Waals surface area contributed by atoms with E-state index in [0.717, 1.165) is 37.6 Å². The molecule has 2 fully saturated rings. The van der Waals surface area contributed by atoms with Crippen molar-refractivity contribution < 1.29 is 9.47 Å². The Labute approximate surface area is 130 Å². The number of hydrogen-bond acceptors (Lipinski definition) is 4. The van der Waals surface area contributed by atoms with Crippen molar-refractivity contribution in [2.24, 2.45) is 5.92 Å². The van der Waals surface area contributed by atoms with Gasteiger partial charge in [0.2, 0.25) is 0 Å². The van der Waals surface area contributed by atoms with Crippen molar-refractivity contribution in [2.45, 2.75) is 51.6 Å². The van der Waals surface area contributed by atoms with Gasteiger partial charge in [0.15, 0.2) is 0 Å². The van der Waals surface area contributed by atoms with Gasteiger partial charge in [0.25, 0.3) is 0 Å². The SMILES string of the molecule is COCCOCCCN1CC2CCCCN2CC1C(C)C. The lowest BCUT2D eigenvalue weighted by atomic mass is 9.92. The molecular formula is C17H34N2O2. The Hall–Kier alpha value is -0.160. The summed E-state index contributed by atoms with van der Waals surface area (Å²) in [6.45, 7) is 12.1. The van der Waals surface area contributed by atoms with Gasteiger partial charge in [0, 0.05) is 45.4 Å². The predicted molar refractivity (Wildman–Crippen MR) is 86.7 cm³/mol. The molecule has 0 aromatic rings. The summed E-state index contributed by atoms with van der Waals surface area (Å²) in [5.41, 5.74) is 0. The van der Waals surface area contributed by atoms with Crippen LogP contribution >= 0.6 is 0 Å². The highest BCUT2D eigenvalue weighted by atomic mass is 16.5. The average Bonchev–Trinajstić information content (AvgIpc) is 2.49. The van der Waals surface area contributed by atoms with E-state index >= 15 is 0 Å². The summed E-state index contributed by atoms with van der Waals surface area (Å²) >= 11 is 0. The number of ether oxygens (including phenoxy) is 2. The molecule has 21 heavy (non-hydrogen) atoms. The fraction of sp³-hybridized carbons (Fsp3) is 1.00. The molecular weight excluding hydrogens is 264 g/mol. The lowest BCUT2D eigenvalue weighted by Crippen LogP contribution is -2.61. The molecule has 2 atom stereocenters. The van der Waals surface area contributed by atoms with Crippen LogP contribution in [0, 0.1) is 5.92 Å². The van der Waals surface area contributed by atoms with Gasteiger partial charge in [0.1, 0.15) is 0 Å². The normalized spacial score (nSPS) is 28.0. The van der Waals surface area contributed by atoms with Crippen LogP contribution in [-0.2, 0) is 9.47 Å². The van der Waals surface area contributed by atoms with Gasteiger partial charge in [-0.05, 0) is 31.7 Å². The molecule has 0 aromatic carbocycles. The number of piperidine rings is 1. The topological polar surface area (TPSA) is 24.9 Å². The first-order valence-electron chi connectivity index (χ1n) is 8.77. The summed E-state index contributed by atoms with van der Waals surface area (Å²) in [7, 11) is 1.72. The van der Waals surface area contributed by atoms with E-state index in [9.17, 15) is 0 Å². The van der Waals surface area contributed by atoms with E-state index in [1.807, 2.05) is 0 Å². The van der Waals surface area contributed by atoms with Crippen LogP contribution in [0.1, 0.15) is 39.5 Å². The van der Waals surface area contributed by atoms with Crippen LogP contribution in [0.25, 0.3) is 0 Å². The Balaban J connectivity index is 1.75. The maximum absolute atomic E-state index is 5.61. The first-order valence-corrected chi connectivity index (χ1v) is 8.77. The third kappa shape index (κ3) is 5.20. The molecule has 2 aliphatic rings. The highest BCUT2D eigenvalue weighted by Crippen LogP contribution is 2.27. The number of piperazine rings is 1. The lowest BCUT2D eigenvalue weighted by molar-refractivity contribution is -0.0128. The Morgan fingerprint density at radius 1 is 1.10 bits per heavy atom. The molecule has 0 radical (unpaired) electrons. The van der Waals surface area contributed by atoms with Crippen molar-refractivity contribution in [3.05, 3.63) is 0 Å². The van der Waals surface area contributed by atoms with Crippen LogP contribution in [-0.4, -0.2) is 75.0 Å². The van der Waals surface area contributed by atoms with E-state index in [4.69, 9.17) is 9.47 Å². The molecule has 2 aliphatic heterocycles. The lowest BCUT2D eigenvalue weighted by Gasteiger charge is -2.50. The molecule has 124 valence electrons. The first-order chi connectivity index (χ1) is 10.2. The third-order valence-corrected chi connectivity index (χ3v) is 5.02. The summed E-state index contributed by atoms with van der Waals surface area (Å²) in [5, 5.41) is 0.